The lowest BCUT2D eigenvalue weighted by Crippen LogP contribution is -2.14. The monoisotopic (exact) mass is 272 g/mol. The van der Waals surface area contributed by atoms with Gasteiger partial charge < -0.3 is 10.2 Å². The van der Waals surface area contributed by atoms with Gasteiger partial charge in [0.25, 0.3) is 0 Å². The molecule has 1 aromatic carbocycles. The molecule has 1 heterocycles. The summed E-state index contributed by atoms with van der Waals surface area (Å²) < 4.78 is 5.15. The van der Waals surface area contributed by atoms with Crippen molar-refractivity contribution < 1.29 is 4.74 Å². The number of hydrogen-bond acceptors (Lipinski definition) is 5. The molecule has 0 aliphatic heterocycles. The molecule has 2 rings (SSSR count). The van der Waals surface area contributed by atoms with Gasteiger partial charge in [0.1, 0.15) is 17.4 Å². The molecule has 20 heavy (non-hydrogen) atoms. The Balaban J connectivity index is 2.26. The second-order valence-electron chi connectivity index (χ2n) is 4.58. The summed E-state index contributed by atoms with van der Waals surface area (Å²) in [6.07, 6.45) is 1.53. The fraction of sp³-hybridized carbons (Fsp3) is 0.333. The molecule has 0 radical (unpaired) electrons. The normalized spacial score (nSPS) is 10.4. The second kappa shape index (κ2) is 6.34. The fourth-order valence-electron chi connectivity index (χ4n) is 2.20. The molecule has 0 amide bonds. The first-order valence-corrected chi connectivity index (χ1v) is 6.63. The lowest BCUT2D eigenvalue weighted by Gasteiger charge is -2.11. The van der Waals surface area contributed by atoms with E-state index in [-0.39, 0.29) is 0 Å². The lowest BCUT2D eigenvalue weighted by molar-refractivity contribution is 0.414. The van der Waals surface area contributed by atoms with E-state index in [9.17, 15) is 0 Å². The van der Waals surface area contributed by atoms with Crippen molar-refractivity contribution >= 4 is 5.82 Å². The van der Waals surface area contributed by atoms with Gasteiger partial charge in [0, 0.05) is 17.7 Å². The molecule has 0 fully saturated rings. The van der Waals surface area contributed by atoms with Crippen molar-refractivity contribution in [3.05, 3.63) is 46.9 Å². The van der Waals surface area contributed by atoms with Crippen LogP contribution < -0.4 is 16.0 Å². The zero-order chi connectivity index (χ0) is 14.5. The first-order valence-electron chi connectivity index (χ1n) is 6.63. The van der Waals surface area contributed by atoms with Gasteiger partial charge in [-0.2, -0.15) is 0 Å². The lowest BCUT2D eigenvalue weighted by atomic mass is 10.1. The van der Waals surface area contributed by atoms with E-state index < -0.39 is 0 Å². The Hall–Kier alpha value is -2.14. The van der Waals surface area contributed by atoms with E-state index in [1.807, 2.05) is 31.2 Å². The maximum atomic E-state index is 5.54. The van der Waals surface area contributed by atoms with Gasteiger partial charge in [-0.3, -0.25) is 0 Å². The number of aromatic nitrogens is 2. The van der Waals surface area contributed by atoms with Gasteiger partial charge in [0.05, 0.1) is 7.11 Å². The summed E-state index contributed by atoms with van der Waals surface area (Å²) in [6.45, 7) is 4.05. The van der Waals surface area contributed by atoms with Crippen LogP contribution >= 0.6 is 0 Å². The highest BCUT2D eigenvalue weighted by Gasteiger charge is 2.09. The highest BCUT2D eigenvalue weighted by atomic mass is 16.5. The molecule has 1 aromatic heterocycles. The first-order chi connectivity index (χ1) is 9.67. The number of methoxy groups -OCH3 is 1. The highest BCUT2D eigenvalue weighted by Crippen LogP contribution is 2.18. The number of benzene rings is 1. The zero-order valence-corrected chi connectivity index (χ0v) is 12.1. The molecular weight excluding hydrogens is 252 g/mol. The minimum Gasteiger partial charge on any atom is -0.497 e. The summed E-state index contributed by atoms with van der Waals surface area (Å²) >= 11 is 0. The minimum atomic E-state index is 0.670. The fourth-order valence-corrected chi connectivity index (χ4v) is 2.20. The van der Waals surface area contributed by atoms with Crippen LogP contribution in [-0.2, 0) is 12.8 Å². The molecule has 5 nitrogen and oxygen atoms in total. The van der Waals surface area contributed by atoms with Crippen LogP contribution in [0.5, 0.6) is 5.75 Å². The Bertz CT molecular complexity index is 581. The molecule has 0 aliphatic rings. The Kier molecular flexibility index (Phi) is 4.53. The van der Waals surface area contributed by atoms with Crippen molar-refractivity contribution in [1.29, 1.82) is 0 Å². The average Bonchev–Trinajstić information content (AvgIpc) is 2.47. The number of hydrazine groups is 1. The van der Waals surface area contributed by atoms with Gasteiger partial charge in [0.2, 0.25) is 0 Å². The highest BCUT2D eigenvalue weighted by molar-refractivity contribution is 5.45. The number of anilines is 1. The van der Waals surface area contributed by atoms with E-state index in [0.717, 1.165) is 34.8 Å². The number of nitrogens with one attached hydrogen (secondary N) is 1. The van der Waals surface area contributed by atoms with Crippen LogP contribution in [0.15, 0.2) is 24.3 Å². The number of aryl methyl sites for hydroxylation is 1. The molecule has 0 bridgehead atoms. The second-order valence-corrected chi connectivity index (χ2v) is 4.58. The zero-order valence-electron chi connectivity index (χ0n) is 12.1. The SMILES string of the molecule is CCc1c(C)nc(Cc2ccc(OC)cc2)nc1NN. The smallest absolute Gasteiger partial charge is 0.147 e. The van der Waals surface area contributed by atoms with Crippen LogP contribution in [0.25, 0.3) is 0 Å². The molecular formula is C15H20N4O. The summed E-state index contributed by atoms with van der Waals surface area (Å²) in [5, 5.41) is 0. The van der Waals surface area contributed by atoms with Gasteiger partial charge in [-0.15, -0.1) is 0 Å². The van der Waals surface area contributed by atoms with E-state index in [0.29, 0.717) is 12.2 Å². The Morgan fingerprint density at radius 2 is 1.90 bits per heavy atom. The van der Waals surface area contributed by atoms with Gasteiger partial charge in [-0.25, -0.2) is 15.8 Å². The van der Waals surface area contributed by atoms with E-state index in [1.165, 1.54) is 0 Å². The molecule has 5 heteroatoms. The van der Waals surface area contributed by atoms with Crippen LogP contribution in [0.2, 0.25) is 0 Å². The third kappa shape index (κ3) is 3.05. The average molecular weight is 272 g/mol. The summed E-state index contributed by atoms with van der Waals surface area (Å²) in [5.74, 6) is 7.86. The number of nitrogens with zero attached hydrogens (tertiary/aromatic N) is 2. The Morgan fingerprint density at radius 3 is 2.45 bits per heavy atom. The number of hydrogen-bond donors (Lipinski definition) is 2. The molecule has 3 N–H and O–H groups in total. The topological polar surface area (TPSA) is 73.1 Å². The molecule has 0 aliphatic carbocycles. The van der Waals surface area contributed by atoms with Crippen LogP contribution in [-0.4, -0.2) is 17.1 Å². The number of ether oxygens (including phenoxy) is 1. The predicted octanol–water partition coefficient (Wildman–Crippen LogP) is 2.23. The van der Waals surface area contributed by atoms with E-state index in [2.05, 4.69) is 22.3 Å². The number of nitrogen functional groups attached to an aromatic ring is 1. The van der Waals surface area contributed by atoms with Crippen molar-refractivity contribution in [2.75, 3.05) is 12.5 Å². The van der Waals surface area contributed by atoms with Crippen molar-refractivity contribution in [3.63, 3.8) is 0 Å². The molecule has 106 valence electrons. The molecule has 0 saturated carbocycles. The van der Waals surface area contributed by atoms with Gasteiger partial charge in [-0.1, -0.05) is 19.1 Å². The van der Waals surface area contributed by atoms with Crippen LogP contribution in [0, 0.1) is 6.92 Å². The third-order valence-electron chi connectivity index (χ3n) is 3.27. The Morgan fingerprint density at radius 1 is 1.20 bits per heavy atom. The molecule has 0 saturated heterocycles. The third-order valence-corrected chi connectivity index (χ3v) is 3.27. The molecule has 0 spiro atoms. The largest absolute Gasteiger partial charge is 0.497 e. The van der Waals surface area contributed by atoms with Crippen molar-refractivity contribution in [1.82, 2.24) is 9.97 Å². The van der Waals surface area contributed by atoms with Gasteiger partial charge in [-0.05, 0) is 31.0 Å². The summed E-state index contributed by atoms with van der Waals surface area (Å²) in [5.41, 5.74) is 5.83. The first kappa shape index (κ1) is 14.3. The quantitative estimate of drug-likeness (QED) is 0.645. The summed E-state index contributed by atoms with van der Waals surface area (Å²) in [7, 11) is 1.66. The molecule has 2 aromatic rings. The van der Waals surface area contributed by atoms with Crippen molar-refractivity contribution in [2.45, 2.75) is 26.7 Å². The Labute approximate surface area is 119 Å². The van der Waals surface area contributed by atoms with E-state index in [1.54, 1.807) is 7.11 Å². The van der Waals surface area contributed by atoms with Crippen molar-refractivity contribution in [3.8, 4) is 5.75 Å². The molecule has 0 unspecified atom stereocenters. The predicted molar refractivity (Wildman–Crippen MR) is 79.8 cm³/mol. The number of rotatable bonds is 5. The molecule has 0 atom stereocenters. The summed E-state index contributed by atoms with van der Waals surface area (Å²) in [4.78, 5) is 9.03. The van der Waals surface area contributed by atoms with Gasteiger partial charge in [0.15, 0.2) is 0 Å². The minimum absolute atomic E-state index is 0.670. The number of nitrogens with two attached hydrogens (primary N) is 1. The van der Waals surface area contributed by atoms with Crippen LogP contribution in [0.1, 0.15) is 29.6 Å². The summed E-state index contributed by atoms with van der Waals surface area (Å²) in [6, 6.07) is 7.90. The van der Waals surface area contributed by atoms with E-state index in [4.69, 9.17) is 10.6 Å². The maximum Gasteiger partial charge on any atom is 0.147 e. The van der Waals surface area contributed by atoms with Crippen LogP contribution in [0.4, 0.5) is 5.82 Å². The van der Waals surface area contributed by atoms with E-state index >= 15 is 0 Å². The standard InChI is InChI=1S/C15H20N4O/c1-4-13-10(2)17-14(18-15(13)19-16)9-11-5-7-12(20-3)8-6-11/h5-8H,4,9,16H2,1-3H3,(H,17,18,19). The van der Waals surface area contributed by atoms with Crippen LogP contribution in [0.3, 0.4) is 0 Å². The van der Waals surface area contributed by atoms with Crippen molar-refractivity contribution in [2.24, 2.45) is 5.84 Å². The van der Waals surface area contributed by atoms with Gasteiger partial charge >= 0.3 is 0 Å². The maximum absolute atomic E-state index is 5.54.